The summed E-state index contributed by atoms with van der Waals surface area (Å²) in [6.07, 6.45) is 1.60. The molecule has 0 unspecified atom stereocenters. The summed E-state index contributed by atoms with van der Waals surface area (Å²) in [5.41, 5.74) is 0.211. The second kappa shape index (κ2) is 9.65. The highest BCUT2D eigenvalue weighted by Crippen LogP contribution is 2.20. The van der Waals surface area contributed by atoms with Crippen LogP contribution in [0.5, 0.6) is 0 Å². The fourth-order valence-corrected chi connectivity index (χ4v) is 4.88. The maximum Gasteiger partial charge on any atom is 0.330 e. The first kappa shape index (κ1) is 24.0. The van der Waals surface area contributed by atoms with E-state index in [1.165, 1.54) is 36.9 Å². The molecule has 4 rings (SSSR count). The van der Waals surface area contributed by atoms with Crippen molar-refractivity contribution in [1.82, 2.24) is 24.2 Å². The van der Waals surface area contributed by atoms with E-state index >= 15 is 0 Å². The van der Waals surface area contributed by atoms with Gasteiger partial charge in [0.2, 0.25) is 15.9 Å². The van der Waals surface area contributed by atoms with E-state index in [4.69, 9.17) is 0 Å². The Morgan fingerprint density at radius 1 is 0.971 bits per heavy atom. The monoisotopic (exact) mass is 493 g/mol. The lowest BCUT2D eigenvalue weighted by Gasteiger charge is -2.19. The van der Waals surface area contributed by atoms with E-state index in [1.54, 1.807) is 54.7 Å². The topological polar surface area (TPSA) is 132 Å². The molecule has 2 aromatic carbocycles. The van der Waals surface area contributed by atoms with Crippen molar-refractivity contribution in [2.75, 3.05) is 0 Å². The van der Waals surface area contributed by atoms with E-state index in [2.05, 4.69) is 15.0 Å². The Balaban J connectivity index is 1.69. The lowest BCUT2D eigenvalue weighted by atomic mass is 10.1. The number of sulfonamides is 1. The van der Waals surface area contributed by atoms with Crippen molar-refractivity contribution < 1.29 is 13.2 Å². The Morgan fingerprint density at radius 2 is 1.69 bits per heavy atom. The van der Waals surface area contributed by atoms with Crippen LogP contribution in [-0.4, -0.2) is 28.4 Å². The second-order valence-corrected chi connectivity index (χ2v) is 9.60. The number of nitrogens with one attached hydrogen (secondary N) is 2. The molecule has 0 aliphatic rings. The molecule has 0 radical (unpaired) electrons. The quantitative estimate of drug-likeness (QED) is 0.394. The molecule has 10 nitrogen and oxygen atoms in total. The molecule has 0 saturated carbocycles. The molecule has 0 bridgehead atoms. The van der Waals surface area contributed by atoms with Crippen LogP contribution in [0.1, 0.15) is 17.3 Å². The molecular weight excluding hydrogens is 470 g/mol. The average molecular weight is 494 g/mol. The molecule has 4 aromatic rings. The number of carbonyl (C=O) groups excluding carboxylic acids is 1. The zero-order chi connectivity index (χ0) is 25.2. The van der Waals surface area contributed by atoms with Crippen LogP contribution in [0, 0.1) is 0 Å². The van der Waals surface area contributed by atoms with Crippen molar-refractivity contribution in [2.45, 2.75) is 17.5 Å². The minimum atomic E-state index is -4.24. The number of fused-ring (bicyclic) bond motifs is 1. The number of rotatable bonds is 7. The van der Waals surface area contributed by atoms with Crippen LogP contribution in [0.2, 0.25) is 0 Å². The molecule has 180 valence electrons. The Morgan fingerprint density at radius 3 is 2.37 bits per heavy atom. The lowest BCUT2D eigenvalue weighted by molar-refractivity contribution is -0.123. The first-order valence-corrected chi connectivity index (χ1v) is 12.1. The third-order valence-corrected chi connectivity index (χ3v) is 7.01. The predicted octanol–water partition coefficient (Wildman–Crippen LogP) is 0.968. The lowest BCUT2D eigenvalue weighted by Crippen LogP contribution is -2.40. The Kier molecular flexibility index (Phi) is 6.63. The van der Waals surface area contributed by atoms with E-state index < -0.39 is 33.2 Å². The minimum Gasteiger partial charge on any atom is -0.349 e. The number of aromatic nitrogens is 3. The number of benzene rings is 2. The van der Waals surface area contributed by atoms with Gasteiger partial charge in [-0.25, -0.2) is 13.2 Å². The van der Waals surface area contributed by atoms with Crippen LogP contribution in [-0.2, 0) is 35.5 Å². The Hall–Kier alpha value is -4.09. The molecule has 0 spiro atoms. The molecule has 0 fully saturated rings. The fourth-order valence-electron chi connectivity index (χ4n) is 3.67. The largest absolute Gasteiger partial charge is 0.349 e. The van der Waals surface area contributed by atoms with Crippen LogP contribution in [0.25, 0.3) is 10.9 Å². The maximum atomic E-state index is 13.3. The van der Waals surface area contributed by atoms with Crippen molar-refractivity contribution in [2.24, 2.45) is 14.1 Å². The summed E-state index contributed by atoms with van der Waals surface area (Å²) >= 11 is 0. The van der Waals surface area contributed by atoms with E-state index in [0.29, 0.717) is 16.8 Å². The molecular formula is C24H23N5O5S. The number of aryl methyl sites for hydroxylation is 1. The van der Waals surface area contributed by atoms with Gasteiger partial charge in [0, 0.05) is 20.3 Å². The van der Waals surface area contributed by atoms with Crippen molar-refractivity contribution in [1.29, 1.82) is 0 Å². The molecule has 0 saturated heterocycles. The van der Waals surface area contributed by atoms with Crippen LogP contribution in [0.3, 0.4) is 0 Å². The number of hydrogen-bond donors (Lipinski definition) is 2. The number of nitrogens with zero attached hydrogens (tertiary/aromatic N) is 3. The van der Waals surface area contributed by atoms with Crippen molar-refractivity contribution in [3.05, 3.63) is 105 Å². The van der Waals surface area contributed by atoms with Crippen molar-refractivity contribution in [3.8, 4) is 0 Å². The second-order valence-electron chi connectivity index (χ2n) is 7.89. The summed E-state index contributed by atoms with van der Waals surface area (Å²) in [4.78, 5) is 41.8. The first-order chi connectivity index (χ1) is 16.7. The van der Waals surface area contributed by atoms with Gasteiger partial charge in [-0.15, -0.1) is 0 Å². The van der Waals surface area contributed by atoms with Crippen LogP contribution in [0.15, 0.2) is 87.4 Å². The van der Waals surface area contributed by atoms with Crippen molar-refractivity contribution in [3.63, 3.8) is 0 Å². The standard InChI is InChI=1S/C24H23N5O5S/c1-28-20-12-11-18(14-19(20)23(31)29(2)24(28)32)35(33,34)27-21(16-8-4-3-5-9-16)22(30)26-15-17-10-6-7-13-25-17/h3-14,21,27H,15H2,1-2H3,(H,26,30)/t21-/m1/s1. The van der Waals surface area contributed by atoms with E-state index in [9.17, 15) is 22.8 Å². The minimum absolute atomic E-state index is 0.0633. The molecule has 2 heterocycles. The number of hydrogen-bond acceptors (Lipinski definition) is 6. The van der Waals surface area contributed by atoms with Gasteiger partial charge in [-0.1, -0.05) is 36.4 Å². The first-order valence-electron chi connectivity index (χ1n) is 10.6. The fraction of sp³-hybridized carbons (Fsp3) is 0.167. The summed E-state index contributed by atoms with van der Waals surface area (Å²) in [6.45, 7) is 0.116. The summed E-state index contributed by atoms with van der Waals surface area (Å²) in [5.74, 6) is -0.565. The zero-order valence-corrected chi connectivity index (χ0v) is 19.8. The van der Waals surface area contributed by atoms with Gasteiger partial charge >= 0.3 is 5.69 Å². The molecule has 1 atom stereocenters. The third-order valence-electron chi connectivity index (χ3n) is 5.59. The predicted molar refractivity (Wildman–Crippen MR) is 130 cm³/mol. The summed E-state index contributed by atoms with van der Waals surface area (Å²) in [5, 5.41) is 2.77. The summed E-state index contributed by atoms with van der Waals surface area (Å²) < 4.78 is 31.2. The van der Waals surface area contributed by atoms with E-state index in [1.807, 2.05) is 0 Å². The van der Waals surface area contributed by atoms with Gasteiger partial charge in [-0.05, 0) is 35.9 Å². The van der Waals surface area contributed by atoms with Crippen LogP contribution >= 0.6 is 0 Å². The smallest absolute Gasteiger partial charge is 0.330 e. The maximum absolute atomic E-state index is 13.3. The molecule has 1 amide bonds. The van der Waals surface area contributed by atoms with Gasteiger partial charge in [0.15, 0.2) is 0 Å². The van der Waals surface area contributed by atoms with E-state index in [0.717, 1.165) is 4.57 Å². The molecule has 2 N–H and O–H groups in total. The number of pyridine rings is 1. The van der Waals surface area contributed by atoms with Gasteiger partial charge in [0.05, 0.1) is 28.0 Å². The SMILES string of the molecule is Cn1c(=O)c2cc(S(=O)(=O)N[C@@H](C(=O)NCc3ccccn3)c3ccccc3)ccc2n(C)c1=O. The van der Waals surface area contributed by atoms with Gasteiger partial charge < -0.3 is 5.32 Å². The van der Waals surface area contributed by atoms with Gasteiger partial charge in [0.1, 0.15) is 6.04 Å². The van der Waals surface area contributed by atoms with Crippen LogP contribution < -0.4 is 21.3 Å². The Bertz CT molecular complexity index is 1610. The molecule has 11 heteroatoms. The third kappa shape index (κ3) is 4.91. The number of carbonyl (C=O) groups is 1. The van der Waals surface area contributed by atoms with Gasteiger partial charge in [0.25, 0.3) is 5.56 Å². The normalized spacial score (nSPS) is 12.4. The zero-order valence-electron chi connectivity index (χ0n) is 19.0. The number of amides is 1. The van der Waals surface area contributed by atoms with E-state index in [-0.39, 0.29) is 16.8 Å². The molecule has 2 aromatic heterocycles. The van der Waals surface area contributed by atoms with Gasteiger partial charge in [-0.2, -0.15) is 4.72 Å². The average Bonchev–Trinajstić information content (AvgIpc) is 2.88. The van der Waals surface area contributed by atoms with Crippen molar-refractivity contribution >= 4 is 26.8 Å². The molecule has 0 aliphatic heterocycles. The highest BCUT2D eigenvalue weighted by Gasteiger charge is 2.28. The highest BCUT2D eigenvalue weighted by molar-refractivity contribution is 7.89. The summed E-state index contributed by atoms with van der Waals surface area (Å²) in [7, 11) is -1.43. The summed E-state index contributed by atoms with van der Waals surface area (Å²) in [6, 6.07) is 16.4. The Labute approximate surface area is 200 Å². The highest BCUT2D eigenvalue weighted by atomic mass is 32.2. The van der Waals surface area contributed by atoms with Crippen LogP contribution in [0.4, 0.5) is 0 Å². The van der Waals surface area contributed by atoms with Gasteiger partial charge in [-0.3, -0.25) is 23.7 Å². The molecule has 35 heavy (non-hydrogen) atoms. The molecule has 0 aliphatic carbocycles.